The first kappa shape index (κ1) is 17.4. The van der Waals surface area contributed by atoms with Gasteiger partial charge in [-0.25, -0.2) is 9.78 Å². The normalized spacial score (nSPS) is 13.5. The summed E-state index contributed by atoms with van der Waals surface area (Å²) in [6.07, 6.45) is 1.87. The van der Waals surface area contributed by atoms with Gasteiger partial charge >= 0.3 is 5.97 Å². The summed E-state index contributed by atoms with van der Waals surface area (Å²) in [6.45, 7) is 1.75. The molecule has 2 aromatic heterocycles. The van der Waals surface area contributed by atoms with Gasteiger partial charge in [0.15, 0.2) is 4.96 Å². The van der Waals surface area contributed by atoms with E-state index >= 15 is 0 Å². The molecule has 8 heteroatoms. The molecule has 0 aliphatic heterocycles. The van der Waals surface area contributed by atoms with Crippen LogP contribution in [0.1, 0.15) is 34.6 Å². The number of nitrogens with zero attached hydrogens (tertiary/aromatic N) is 2. The van der Waals surface area contributed by atoms with E-state index in [0.29, 0.717) is 21.9 Å². The highest BCUT2D eigenvalue weighted by atomic mass is 32.1. The molecule has 1 aromatic carbocycles. The van der Waals surface area contributed by atoms with Gasteiger partial charge in [-0.2, -0.15) is 0 Å². The summed E-state index contributed by atoms with van der Waals surface area (Å²) in [5.74, 6) is -0.378. The Morgan fingerprint density at radius 2 is 2.04 bits per heavy atom. The summed E-state index contributed by atoms with van der Waals surface area (Å²) in [5.41, 5.74) is 2.05. The minimum atomic E-state index is -0.514. The summed E-state index contributed by atoms with van der Waals surface area (Å²) >= 11 is 1.36. The maximum absolute atomic E-state index is 12.2. The molecule has 0 unspecified atom stereocenters. The van der Waals surface area contributed by atoms with Crippen molar-refractivity contribution in [1.29, 1.82) is 0 Å². The lowest BCUT2D eigenvalue weighted by Crippen LogP contribution is -2.16. The average molecular weight is 383 g/mol. The molecule has 138 valence electrons. The third kappa shape index (κ3) is 3.75. The summed E-state index contributed by atoms with van der Waals surface area (Å²) in [5, 5.41) is 4.67. The maximum atomic E-state index is 12.2. The van der Waals surface area contributed by atoms with Gasteiger partial charge in [-0.15, -0.1) is 11.3 Å². The number of hydrogen-bond acceptors (Lipinski definition) is 6. The molecule has 0 radical (unpaired) electrons. The monoisotopic (exact) mass is 383 g/mol. The van der Waals surface area contributed by atoms with Crippen molar-refractivity contribution in [2.75, 3.05) is 5.32 Å². The number of carbonyl (C=O) groups excluding carboxylic acids is 2. The first-order valence-corrected chi connectivity index (χ1v) is 9.44. The maximum Gasteiger partial charge on any atom is 0.338 e. The molecule has 1 N–H and O–H groups in total. The lowest BCUT2D eigenvalue weighted by Gasteiger charge is -2.07. The molecule has 1 amide bonds. The predicted molar refractivity (Wildman–Crippen MR) is 101 cm³/mol. The second-order valence-electron chi connectivity index (χ2n) is 6.50. The number of hydrogen-bond donors (Lipinski definition) is 1. The Hall–Kier alpha value is -3.00. The number of amides is 1. The van der Waals surface area contributed by atoms with Crippen LogP contribution in [0.4, 0.5) is 5.69 Å². The van der Waals surface area contributed by atoms with Crippen LogP contribution in [0.5, 0.6) is 0 Å². The van der Waals surface area contributed by atoms with Crippen molar-refractivity contribution >= 4 is 33.9 Å². The number of thiazole rings is 1. The molecule has 1 fully saturated rings. The van der Waals surface area contributed by atoms with Crippen LogP contribution in [-0.4, -0.2) is 21.3 Å². The third-order valence-corrected chi connectivity index (χ3v) is 5.26. The molecule has 7 nitrogen and oxygen atoms in total. The molecule has 1 aliphatic rings. The van der Waals surface area contributed by atoms with E-state index in [1.54, 1.807) is 24.3 Å². The highest BCUT2D eigenvalue weighted by molar-refractivity contribution is 7.15. The Morgan fingerprint density at radius 1 is 1.30 bits per heavy atom. The van der Waals surface area contributed by atoms with Crippen LogP contribution in [-0.2, 0) is 16.1 Å². The molecule has 0 atom stereocenters. The van der Waals surface area contributed by atoms with E-state index in [0.717, 1.165) is 18.5 Å². The standard InChI is InChI=1S/C19H17N3O4S/c1-11-10-27-19-21-15(8-16(23)22(11)19)9-26-18(25)13-4-6-14(7-5-13)20-17(24)12-2-3-12/h4-8,10,12H,2-3,9H2,1H3,(H,20,24). The van der Waals surface area contributed by atoms with Crippen molar-refractivity contribution in [2.45, 2.75) is 26.4 Å². The molecule has 0 bridgehead atoms. The number of esters is 1. The zero-order valence-corrected chi connectivity index (χ0v) is 15.4. The summed E-state index contributed by atoms with van der Waals surface area (Å²) in [7, 11) is 0. The topological polar surface area (TPSA) is 89.8 Å². The van der Waals surface area contributed by atoms with Gasteiger partial charge < -0.3 is 10.1 Å². The Kier molecular flexibility index (Phi) is 4.49. The molecular formula is C19H17N3O4S. The molecule has 27 heavy (non-hydrogen) atoms. The van der Waals surface area contributed by atoms with E-state index in [2.05, 4.69) is 10.3 Å². The molecule has 3 aromatic rings. The quantitative estimate of drug-likeness (QED) is 0.684. The summed E-state index contributed by atoms with van der Waals surface area (Å²) in [6, 6.07) is 7.90. The second kappa shape index (κ2) is 6.96. The van der Waals surface area contributed by atoms with Crippen LogP contribution < -0.4 is 10.9 Å². The number of fused-ring (bicyclic) bond motifs is 1. The zero-order chi connectivity index (χ0) is 19.0. The van der Waals surface area contributed by atoms with Gasteiger partial charge in [-0.05, 0) is 44.0 Å². The van der Waals surface area contributed by atoms with E-state index in [1.807, 2.05) is 12.3 Å². The van der Waals surface area contributed by atoms with Gasteiger partial charge in [0.25, 0.3) is 5.56 Å². The van der Waals surface area contributed by atoms with Crippen LogP contribution in [0.25, 0.3) is 4.96 Å². The second-order valence-corrected chi connectivity index (χ2v) is 7.33. The van der Waals surface area contributed by atoms with Gasteiger partial charge in [0.2, 0.25) is 5.91 Å². The van der Waals surface area contributed by atoms with Gasteiger partial charge in [0, 0.05) is 28.7 Å². The summed E-state index contributed by atoms with van der Waals surface area (Å²) in [4.78, 5) is 41.0. The van der Waals surface area contributed by atoms with Crippen molar-refractivity contribution < 1.29 is 14.3 Å². The fourth-order valence-electron chi connectivity index (χ4n) is 2.68. The molecule has 1 saturated carbocycles. The highest BCUT2D eigenvalue weighted by Gasteiger charge is 2.29. The third-order valence-electron chi connectivity index (χ3n) is 4.32. The van der Waals surface area contributed by atoms with Crippen molar-refractivity contribution in [3.63, 3.8) is 0 Å². The molecule has 1 aliphatic carbocycles. The number of ether oxygens (including phenoxy) is 1. The minimum absolute atomic E-state index is 0.0156. The predicted octanol–water partition coefficient (Wildman–Crippen LogP) is 2.77. The number of benzene rings is 1. The Balaban J connectivity index is 1.40. The lowest BCUT2D eigenvalue weighted by atomic mass is 10.2. The number of aryl methyl sites for hydroxylation is 1. The van der Waals surface area contributed by atoms with Crippen molar-refractivity contribution in [1.82, 2.24) is 9.38 Å². The van der Waals surface area contributed by atoms with Crippen LogP contribution in [0, 0.1) is 12.8 Å². The number of rotatable bonds is 5. The number of aromatic nitrogens is 2. The molecule has 4 rings (SSSR count). The average Bonchev–Trinajstić information content (AvgIpc) is 3.44. The molecule has 0 saturated heterocycles. The fourth-order valence-corrected chi connectivity index (χ4v) is 3.57. The van der Waals surface area contributed by atoms with E-state index in [1.165, 1.54) is 21.8 Å². The van der Waals surface area contributed by atoms with E-state index in [-0.39, 0.29) is 24.0 Å². The Morgan fingerprint density at radius 3 is 2.74 bits per heavy atom. The first-order valence-electron chi connectivity index (χ1n) is 8.56. The lowest BCUT2D eigenvalue weighted by molar-refractivity contribution is -0.117. The molecular weight excluding hydrogens is 366 g/mol. The van der Waals surface area contributed by atoms with Crippen molar-refractivity contribution in [3.8, 4) is 0 Å². The van der Waals surface area contributed by atoms with E-state index in [4.69, 9.17) is 4.74 Å². The van der Waals surface area contributed by atoms with Crippen molar-refractivity contribution in [3.05, 3.63) is 63.0 Å². The van der Waals surface area contributed by atoms with Crippen LogP contribution in [0.3, 0.4) is 0 Å². The fraction of sp³-hybridized carbons (Fsp3) is 0.263. The zero-order valence-electron chi connectivity index (χ0n) is 14.6. The van der Waals surface area contributed by atoms with Gasteiger partial charge in [0.05, 0.1) is 11.3 Å². The Labute approximate surface area is 158 Å². The van der Waals surface area contributed by atoms with E-state index in [9.17, 15) is 14.4 Å². The Bertz CT molecular complexity index is 1080. The molecule has 0 spiro atoms. The minimum Gasteiger partial charge on any atom is -0.456 e. The first-order chi connectivity index (χ1) is 13.0. The van der Waals surface area contributed by atoms with Crippen LogP contribution in [0.2, 0.25) is 0 Å². The van der Waals surface area contributed by atoms with Gasteiger partial charge in [0.1, 0.15) is 6.61 Å². The smallest absolute Gasteiger partial charge is 0.338 e. The SMILES string of the molecule is Cc1csc2nc(COC(=O)c3ccc(NC(=O)C4CC4)cc3)cc(=O)n12. The van der Waals surface area contributed by atoms with Gasteiger partial charge in [-0.3, -0.25) is 14.0 Å². The largest absolute Gasteiger partial charge is 0.456 e. The van der Waals surface area contributed by atoms with Crippen LogP contribution >= 0.6 is 11.3 Å². The molecule has 2 heterocycles. The number of anilines is 1. The summed E-state index contributed by atoms with van der Waals surface area (Å²) < 4.78 is 6.78. The van der Waals surface area contributed by atoms with Crippen molar-refractivity contribution in [2.24, 2.45) is 5.92 Å². The highest BCUT2D eigenvalue weighted by Crippen LogP contribution is 2.30. The number of nitrogens with one attached hydrogen (secondary N) is 1. The number of carbonyl (C=O) groups is 2. The van der Waals surface area contributed by atoms with Gasteiger partial charge in [-0.1, -0.05) is 0 Å². The van der Waals surface area contributed by atoms with Crippen LogP contribution in [0.15, 0.2) is 40.5 Å². The van der Waals surface area contributed by atoms with E-state index < -0.39 is 5.97 Å².